The molecule has 0 aliphatic carbocycles. The van der Waals surface area contributed by atoms with Gasteiger partial charge in [0, 0.05) is 18.9 Å². The van der Waals surface area contributed by atoms with Gasteiger partial charge in [-0.2, -0.15) is 14.0 Å². The summed E-state index contributed by atoms with van der Waals surface area (Å²) >= 11 is 1.19. The van der Waals surface area contributed by atoms with Crippen LogP contribution in [0.25, 0.3) is 0 Å². The summed E-state index contributed by atoms with van der Waals surface area (Å²) < 4.78 is 33.1. The van der Waals surface area contributed by atoms with Crippen LogP contribution in [0.15, 0.2) is 4.99 Å². The summed E-state index contributed by atoms with van der Waals surface area (Å²) in [5.41, 5.74) is 0. The minimum absolute atomic E-state index is 0.0774. The van der Waals surface area contributed by atoms with Gasteiger partial charge < -0.3 is 4.74 Å². The number of nitrogens with zero attached hydrogens (tertiary/aromatic N) is 3. The standard InChI is InChI=1S/C9H11F2N3OS/c10-9(11,7-1-3-15-5-7)14-2-4-16-8(14)13-6-12/h7H,1-5H2/b13-8+. The molecule has 1 unspecified atom stereocenters. The van der Waals surface area contributed by atoms with Gasteiger partial charge in [0.1, 0.15) is 0 Å². The van der Waals surface area contributed by atoms with Crippen molar-refractivity contribution < 1.29 is 13.5 Å². The van der Waals surface area contributed by atoms with Gasteiger partial charge in [-0.1, -0.05) is 11.8 Å². The van der Waals surface area contributed by atoms with Crippen molar-refractivity contribution in [2.24, 2.45) is 10.9 Å². The lowest BCUT2D eigenvalue weighted by Gasteiger charge is -2.31. The smallest absolute Gasteiger partial charge is 0.332 e. The van der Waals surface area contributed by atoms with Crippen molar-refractivity contribution in [3.63, 3.8) is 0 Å². The van der Waals surface area contributed by atoms with E-state index in [1.54, 1.807) is 6.19 Å². The molecule has 2 rings (SSSR count). The topological polar surface area (TPSA) is 48.6 Å². The van der Waals surface area contributed by atoms with Crippen LogP contribution in [-0.4, -0.2) is 41.6 Å². The summed E-state index contributed by atoms with van der Waals surface area (Å²) in [4.78, 5) is 4.36. The molecular weight excluding hydrogens is 236 g/mol. The fourth-order valence-corrected chi connectivity index (χ4v) is 2.77. The molecule has 0 spiro atoms. The average Bonchev–Trinajstić information content (AvgIpc) is 2.88. The molecule has 2 aliphatic rings. The molecule has 0 aromatic rings. The largest absolute Gasteiger partial charge is 0.381 e. The number of nitriles is 1. The van der Waals surface area contributed by atoms with Crippen LogP contribution in [0.4, 0.5) is 8.78 Å². The van der Waals surface area contributed by atoms with Gasteiger partial charge in [-0.25, -0.2) is 0 Å². The zero-order valence-corrected chi connectivity index (χ0v) is 9.34. The zero-order chi connectivity index (χ0) is 11.6. The number of thioether (sulfide) groups is 1. The summed E-state index contributed by atoms with van der Waals surface area (Å²) in [6.45, 7) is 0.689. The normalized spacial score (nSPS) is 28.7. The van der Waals surface area contributed by atoms with E-state index < -0.39 is 12.0 Å². The van der Waals surface area contributed by atoms with Crippen LogP contribution in [0.5, 0.6) is 0 Å². The molecule has 0 saturated carbocycles. The monoisotopic (exact) mass is 247 g/mol. The predicted molar refractivity (Wildman–Crippen MR) is 56.1 cm³/mol. The van der Waals surface area contributed by atoms with Gasteiger partial charge in [-0.15, -0.1) is 4.99 Å². The fraction of sp³-hybridized carbons (Fsp3) is 0.778. The van der Waals surface area contributed by atoms with Crippen molar-refractivity contribution in [1.82, 2.24) is 4.90 Å². The summed E-state index contributed by atoms with van der Waals surface area (Å²) in [5, 5.41) is 8.55. The highest BCUT2D eigenvalue weighted by Gasteiger charge is 2.49. The van der Waals surface area contributed by atoms with Crippen LogP contribution < -0.4 is 0 Å². The summed E-state index contributed by atoms with van der Waals surface area (Å²) in [7, 11) is 0. The highest BCUT2D eigenvalue weighted by molar-refractivity contribution is 8.14. The Kier molecular flexibility index (Phi) is 3.30. The Labute approximate surface area is 96.3 Å². The lowest BCUT2D eigenvalue weighted by Crippen LogP contribution is -2.48. The Bertz CT molecular complexity index is 336. The molecule has 0 N–H and O–H groups in total. The van der Waals surface area contributed by atoms with E-state index in [1.165, 1.54) is 11.8 Å². The van der Waals surface area contributed by atoms with E-state index in [0.29, 0.717) is 18.8 Å². The van der Waals surface area contributed by atoms with Crippen LogP contribution in [0.3, 0.4) is 0 Å². The first-order chi connectivity index (χ1) is 7.66. The molecule has 16 heavy (non-hydrogen) atoms. The minimum Gasteiger partial charge on any atom is -0.381 e. The number of hydrogen-bond donors (Lipinski definition) is 0. The third kappa shape index (κ3) is 1.99. The molecule has 0 aromatic carbocycles. The highest BCUT2D eigenvalue weighted by Crippen LogP contribution is 2.38. The SMILES string of the molecule is N#C/N=C1/SCCN1C(F)(F)C1CCOC1. The lowest BCUT2D eigenvalue weighted by molar-refractivity contribution is -0.150. The summed E-state index contributed by atoms with van der Waals surface area (Å²) in [6.07, 6.45) is 1.92. The second-order valence-electron chi connectivity index (χ2n) is 3.64. The van der Waals surface area contributed by atoms with Gasteiger partial charge in [-0.05, 0) is 6.42 Å². The molecule has 4 nitrogen and oxygen atoms in total. The average molecular weight is 247 g/mol. The van der Waals surface area contributed by atoms with Gasteiger partial charge in [0.15, 0.2) is 5.17 Å². The molecule has 0 radical (unpaired) electrons. The van der Waals surface area contributed by atoms with Crippen molar-refractivity contribution in [3.8, 4) is 6.19 Å². The molecule has 2 saturated heterocycles. The number of amidine groups is 1. The summed E-state index contributed by atoms with van der Waals surface area (Å²) in [6, 6.07) is -2.96. The summed E-state index contributed by atoms with van der Waals surface area (Å²) in [5.74, 6) is -0.251. The van der Waals surface area contributed by atoms with Crippen LogP contribution in [0, 0.1) is 17.4 Å². The molecule has 1 atom stereocenters. The van der Waals surface area contributed by atoms with Crippen molar-refractivity contribution in [1.29, 1.82) is 5.26 Å². The zero-order valence-electron chi connectivity index (χ0n) is 8.53. The van der Waals surface area contributed by atoms with E-state index in [2.05, 4.69) is 4.99 Å². The van der Waals surface area contributed by atoms with Gasteiger partial charge in [0.2, 0.25) is 6.19 Å². The maximum absolute atomic E-state index is 14.0. The van der Waals surface area contributed by atoms with Crippen LogP contribution in [0.2, 0.25) is 0 Å². The van der Waals surface area contributed by atoms with E-state index in [1.807, 2.05) is 0 Å². The lowest BCUT2D eigenvalue weighted by atomic mass is 10.1. The van der Waals surface area contributed by atoms with Crippen molar-refractivity contribution >= 4 is 16.9 Å². The molecule has 88 valence electrons. The number of aliphatic imine (C=N–C) groups is 1. The van der Waals surface area contributed by atoms with Gasteiger partial charge in [-0.3, -0.25) is 4.90 Å². The van der Waals surface area contributed by atoms with Crippen LogP contribution in [-0.2, 0) is 4.74 Å². The second kappa shape index (κ2) is 4.55. The van der Waals surface area contributed by atoms with Crippen LogP contribution >= 0.6 is 11.8 Å². The number of alkyl halides is 2. The molecule has 2 aliphatic heterocycles. The van der Waals surface area contributed by atoms with Gasteiger partial charge >= 0.3 is 6.05 Å². The molecule has 7 heteroatoms. The van der Waals surface area contributed by atoms with Gasteiger partial charge in [0.25, 0.3) is 0 Å². The first-order valence-corrected chi connectivity index (χ1v) is 5.97. The Morgan fingerprint density at radius 1 is 1.62 bits per heavy atom. The number of halogens is 2. The highest BCUT2D eigenvalue weighted by atomic mass is 32.2. The van der Waals surface area contributed by atoms with E-state index in [0.717, 1.165) is 4.90 Å². The number of ether oxygens (including phenoxy) is 1. The molecule has 2 heterocycles. The molecule has 0 aromatic heterocycles. The molecule has 0 amide bonds. The van der Waals surface area contributed by atoms with E-state index in [4.69, 9.17) is 10.00 Å². The maximum atomic E-state index is 14.0. The Balaban J connectivity index is 2.16. The van der Waals surface area contributed by atoms with E-state index in [9.17, 15) is 8.78 Å². The van der Waals surface area contributed by atoms with Crippen molar-refractivity contribution in [3.05, 3.63) is 0 Å². The Morgan fingerprint density at radius 3 is 3.06 bits per heavy atom. The molecular formula is C9H11F2N3OS. The number of rotatable bonds is 2. The third-order valence-electron chi connectivity index (χ3n) is 2.70. The number of hydrogen-bond acceptors (Lipinski definition) is 4. The Hall–Kier alpha value is -0.870. The second-order valence-corrected chi connectivity index (χ2v) is 4.70. The first kappa shape index (κ1) is 11.6. The van der Waals surface area contributed by atoms with E-state index in [-0.39, 0.29) is 18.3 Å². The molecule has 2 fully saturated rings. The van der Waals surface area contributed by atoms with E-state index >= 15 is 0 Å². The van der Waals surface area contributed by atoms with Crippen molar-refractivity contribution in [2.45, 2.75) is 12.5 Å². The molecule has 0 bridgehead atoms. The predicted octanol–water partition coefficient (Wildman–Crippen LogP) is 1.50. The minimum atomic E-state index is -2.96. The third-order valence-corrected chi connectivity index (χ3v) is 3.66. The first-order valence-electron chi connectivity index (χ1n) is 4.99. The Morgan fingerprint density at radius 2 is 2.44 bits per heavy atom. The van der Waals surface area contributed by atoms with Crippen molar-refractivity contribution in [2.75, 3.05) is 25.5 Å². The fourth-order valence-electron chi connectivity index (χ4n) is 1.84. The van der Waals surface area contributed by atoms with Gasteiger partial charge in [0.05, 0.1) is 12.5 Å². The van der Waals surface area contributed by atoms with Crippen LogP contribution in [0.1, 0.15) is 6.42 Å². The quantitative estimate of drug-likeness (QED) is 0.548. The maximum Gasteiger partial charge on any atom is 0.332 e.